The largest absolute Gasteiger partial charge is 0.490 e. The summed E-state index contributed by atoms with van der Waals surface area (Å²) in [6, 6.07) is 0. The number of carbonyl (C=O) groups is 2. The van der Waals surface area contributed by atoms with Crippen LogP contribution in [0.2, 0.25) is 0 Å². The Morgan fingerprint density at radius 3 is 1.50 bits per heavy atom. The van der Waals surface area contributed by atoms with Crippen molar-refractivity contribution in [2.75, 3.05) is 20.6 Å². The maximum Gasteiger partial charge on any atom is 0.490 e. The summed E-state index contributed by atoms with van der Waals surface area (Å²) in [6.45, 7) is 0.111. The number of carboxylic acids is 2. The Bertz CT molecular complexity index is 202. The summed E-state index contributed by atoms with van der Waals surface area (Å²) >= 11 is 0. The number of hydrogen-bond donors (Lipinski definition) is 2. The van der Waals surface area contributed by atoms with Crippen LogP contribution in [-0.4, -0.2) is 53.9 Å². The summed E-state index contributed by atoms with van der Waals surface area (Å²) in [6.07, 6.45) is -5.08. The second-order valence-corrected chi connectivity index (χ2v) is 2.43. The number of rotatable bonds is 2. The Balaban J connectivity index is 0. The molecule has 0 aliphatic rings. The lowest BCUT2D eigenvalue weighted by molar-refractivity contribution is -0.192. The number of hydrogen-bond acceptors (Lipinski definition) is 3. The standard InChI is InChI=1S/C4H9NO2.C2HF3O2/c1-5(2)3-4(6)7;3-2(4,5)1(6)7/h3H2,1-2H3,(H,6,7);(H,6,7). The molecule has 0 rings (SSSR count). The molecule has 0 aromatic rings. The topological polar surface area (TPSA) is 77.8 Å². The van der Waals surface area contributed by atoms with E-state index in [9.17, 15) is 18.0 Å². The minimum absolute atomic E-state index is 0.111. The molecule has 0 atom stereocenters. The SMILES string of the molecule is CN(C)CC(=O)O.O=C(O)C(F)(F)F. The first kappa shape index (κ1) is 15.2. The van der Waals surface area contributed by atoms with Gasteiger partial charge >= 0.3 is 18.1 Å². The van der Waals surface area contributed by atoms with Crippen molar-refractivity contribution in [3.8, 4) is 0 Å². The van der Waals surface area contributed by atoms with Crippen molar-refractivity contribution in [3.05, 3.63) is 0 Å². The van der Waals surface area contributed by atoms with E-state index in [4.69, 9.17) is 15.0 Å². The van der Waals surface area contributed by atoms with E-state index in [-0.39, 0.29) is 6.54 Å². The maximum atomic E-state index is 10.6. The Morgan fingerprint density at radius 1 is 1.21 bits per heavy atom. The van der Waals surface area contributed by atoms with Crippen molar-refractivity contribution in [3.63, 3.8) is 0 Å². The third-order valence-corrected chi connectivity index (χ3v) is 0.694. The zero-order valence-electron chi connectivity index (χ0n) is 7.50. The van der Waals surface area contributed by atoms with Crippen LogP contribution in [0.25, 0.3) is 0 Å². The molecule has 0 bridgehead atoms. The van der Waals surface area contributed by atoms with Crippen molar-refractivity contribution in [1.29, 1.82) is 0 Å². The van der Waals surface area contributed by atoms with E-state index < -0.39 is 18.1 Å². The summed E-state index contributed by atoms with van der Waals surface area (Å²) in [5.74, 6) is -3.54. The lowest BCUT2D eigenvalue weighted by Gasteiger charge is -2.01. The van der Waals surface area contributed by atoms with Gasteiger partial charge in [-0.1, -0.05) is 0 Å². The molecule has 8 heteroatoms. The maximum absolute atomic E-state index is 10.6. The number of likely N-dealkylation sites (N-methyl/N-ethyl adjacent to an activating group) is 1. The van der Waals surface area contributed by atoms with Gasteiger partial charge in [0.05, 0.1) is 6.54 Å². The molecule has 0 spiro atoms. The van der Waals surface area contributed by atoms with Crippen molar-refractivity contribution in [1.82, 2.24) is 4.90 Å². The van der Waals surface area contributed by atoms with Crippen molar-refractivity contribution < 1.29 is 33.0 Å². The highest BCUT2D eigenvalue weighted by atomic mass is 19.4. The van der Waals surface area contributed by atoms with Gasteiger partial charge in [-0.2, -0.15) is 13.2 Å². The number of alkyl halides is 3. The summed E-state index contributed by atoms with van der Waals surface area (Å²) < 4.78 is 31.7. The molecule has 0 heterocycles. The van der Waals surface area contributed by atoms with Crippen LogP contribution in [0.15, 0.2) is 0 Å². The molecule has 2 N–H and O–H groups in total. The quantitative estimate of drug-likeness (QED) is 0.694. The van der Waals surface area contributed by atoms with Gasteiger partial charge < -0.3 is 10.2 Å². The number of halogens is 3. The summed E-state index contributed by atoms with van der Waals surface area (Å²) in [4.78, 5) is 20.3. The molecule has 0 saturated carbocycles. The van der Waals surface area contributed by atoms with E-state index in [1.54, 1.807) is 19.0 Å². The molecule has 0 radical (unpaired) electrons. The molecule has 5 nitrogen and oxygen atoms in total. The van der Waals surface area contributed by atoms with Crippen LogP contribution < -0.4 is 0 Å². The van der Waals surface area contributed by atoms with E-state index in [0.29, 0.717) is 0 Å². The fourth-order valence-corrected chi connectivity index (χ4v) is 0.271. The Hall–Kier alpha value is -1.31. The van der Waals surface area contributed by atoms with Crippen LogP contribution in [0.5, 0.6) is 0 Å². The van der Waals surface area contributed by atoms with Gasteiger partial charge in [-0.3, -0.25) is 9.69 Å². The van der Waals surface area contributed by atoms with Crippen LogP contribution in [0.4, 0.5) is 13.2 Å². The highest BCUT2D eigenvalue weighted by Crippen LogP contribution is 2.13. The minimum Gasteiger partial charge on any atom is -0.480 e. The van der Waals surface area contributed by atoms with Crippen LogP contribution in [-0.2, 0) is 9.59 Å². The molecule has 0 aromatic carbocycles. The molecule has 14 heavy (non-hydrogen) atoms. The fraction of sp³-hybridized carbons (Fsp3) is 0.667. The Morgan fingerprint density at radius 2 is 1.50 bits per heavy atom. The monoisotopic (exact) mass is 217 g/mol. The zero-order valence-corrected chi connectivity index (χ0v) is 7.50. The van der Waals surface area contributed by atoms with E-state index >= 15 is 0 Å². The Kier molecular flexibility index (Phi) is 6.71. The van der Waals surface area contributed by atoms with E-state index in [1.807, 2.05) is 0 Å². The first-order chi connectivity index (χ1) is 6.07. The normalized spacial score (nSPS) is 10.4. The third kappa shape index (κ3) is 13.3. The first-order valence-corrected chi connectivity index (χ1v) is 3.24. The van der Waals surface area contributed by atoms with Crippen LogP contribution in [0, 0.1) is 0 Å². The van der Waals surface area contributed by atoms with E-state index in [1.165, 1.54) is 0 Å². The molecule has 0 aliphatic carbocycles. The molecule has 0 unspecified atom stereocenters. The molecule has 0 aromatic heterocycles. The summed E-state index contributed by atoms with van der Waals surface area (Å²) in [5, 5.41) is 15.2. The Labute approximate surface area is 77.7 Å². The predicted molar refractivity (Wildman–Crippen MR) is 39.9 cm³/mol. The van der Waals surface area contributed by atoms with Gasteiger partial charge in [0.1, 0.15) is 0 Å². The number of nitrogens with zero attached hydrogens (tertiary/aromatic N) is 1. The van der Waals surface area contributed by atoms with E-state index in [2.05, 4.69) is 0 Å². The molecule has 0 fully saturated rings. The summed E-state index contributed by atoms with van der Waals surface area (Å²) in [7, 11) is 3.43. The summed E-state index contributed by atoms with van der Waals surface area (Å²) in [5.41, 5.74) is 0. The molecule has 0 saturated heterocycles. The van der Waals surface area contributed by atoms with Crippen molar-refractivity contribution in [2.24, 2.45) is 0 Å². The second kappa shape index (κ2) is 6.19. The van der Waals surface area contributed by atoms with Crippen LogP contribution >= 0.6 is 0 Å². The van der Waals surface area contributed by atoms with Crippen molar-refractivity contribution in [2.45, 2.75) is 6.18 Å². The average molecular weight is 217 g/mol. The lowest BCUT2D eigenvalue weighted by atomic mass is 10.6. The molecule has 0 aliphatic heterocycles. The van der Waals surface area contributed by atoms with Crippen LogP contribution in [0.3, 0.4) is 0 Å². The second-order valence-electron chi connectivity index (χ2n) is 2.43. The predicted octanol–water partition coefficient (Wildman–Crippen LogP) is 0.266. The van der Waals surface area contributed by atoms with Gasteiger partial charge in [0.15, 0.2) is 0 Å². The van der Waals surface area contributed by atoms with Crippen LogP contribution in [0.1, 0.15) is 0 Å². The van der Waals surface area contributed by atoms with Gasteiger partial charge in [0.2, 0.25) is 0 Å². The minimum atomic E-state index is -5.08. The van der Waals surface area contributed by atoms with Gasteiger partial charge in [0, 0.05) is 0 Å². The fourth-order valence-electron chi connectivity index (χ4n) is 0.271. The molecular formula is C6H10F3NO4. The van der Waals surface area contributed by atoms with Gasteiger partial charge in [-0.25, -0.2) is 4.79 Å². The van der Waals surface area contributed by atoms with Crippen molar-refractivity contribution >= 4 is 11.9 Å². The zero-order chi connectivity index (χ0) is 11.9. The highest BCUT2D eigenvalue weighted by Gasteiger charge is 2.38. The van der Waals surface area contributed by atoms with Gasteiger partial charge in [-0.15, -0.1) is 0 Å². The lowest BCUT2D eigenvalue weighted by Crippen LogP contribution is -2.21. The average Bonchev–Trinajstić information content (AvgIpc) is 1.81. The van der Waals surface area contributed by atoms with E-state index in [0.717, 1.165) is 0 Å². The number of carboxylic acid groups (broad SMARTS) is 2. The number of aliphatic carboxylic acids is 2. The third-order valence-electron chi connectivity index (χ3n) is 0.694. The highest BCUT2D eigenvalue weighted by molar-refractivity contribution is 5.73. The van der Waals surface area contributed by atoms with Gasteiger partial charge in [-0.05, 0) is 14.1 Å². The molecule has 0 amide bonds. The first-order valence-electron chi connectivity index (χ1n) is 3.24. The van der Waals surface area contributed by atoms with Gasteiger partial charge in [0.25, 0.3) is 0 Å². The smallest absolute Gasteiger partial charge is 0.480 e. The molecular weight excluding hydrogens is 207 g/mol. The molecule has 84 valence electrons.